The summed E-state index contributed by atoms with van der Waals surface area (Å²) in [6, 6.07) is 0. The van der Waals surface area contributed by atoms with Crippen LogP contribution in [-0.4, -0.2) is 22.4 Å². The van der Waals surface area contributed by atoms with Crippen LogP contribution < -0.4 is 0 Å². The third-order valence-corrected chi connectivity index (χ3v) is 1.45. The van der Waals surface area contributed by atoms with Crippen molar-refractivity contribution in [1.82, 2.24) is 0 Å². The van der Waals surface area contributed by atoms with E-state index in [0.29, 0.717) is 0 Å². The van der Waals surface area contributed by atoms with Gasteiger partial charge in [-0.1, -0.05) is 26.8 Å². The summed E-state index contributed by atoms with van der Waals surface area (Å²) in [4.78, 5) is 0. The van der Waals surface area contributed by atoms with E-state index in [1.165, 1.54) is 6.08 Å². The van der Waals surface area contributed by atoms with Gasteiger partial charge in [0.2, 0.25) is 0 Å². The molecule has 0 rings (SSSR count). The van der Waals surface area contributed by atoms with E-state index in [1.54, 1.807) is 0 Å². The van der Waals surface area contributed by atoms with Gasteiger partial charge in [-0.15, -0.1) is 6.58 Å². The minimum atomic E-state index is -0.819. The molecule has 0 aromatic carbocycles. The van der Waals surface area contributed by atoms with Gasteiger partial charge in [0.05, 0.1) is 12.2 Å². The first-order valence-electron chi connectivity index (χ1n) is 3.38. The van der Waals surface area contributed by atoms with Crippen molar-refractivity contribution in [1.29, 1.82) is 0 Å². The lowest BCUT2D eigenvalue weighted by molar-refractivity contribution is -0.0216. The van der Waals surface area contributed by atoms with Crippen LogP contribution in [0, 0.1) is 5.41 Å². The number of aliphatic hydroxyl groups excluding tert-OH is 2. The molecule has 0 unspecified atom stereocenters. The zero-order chi connectivity index (χ0) is 8.36. The molecule has 0 saturated heterocycles. The van der Waals surface area contributed by atoms with Crippen molar-refractivity contribution in [3.8, 4) is 0 Å². The van der Waals surface area contributed by atoms with Crippen molar-refractivity contribution >= 4 is 0 Å². The summed E-state index contributed by atoms with van der Waals surface area (Å²) in [6.07, 6.45) is -0.208. The first kappa shape index (κ1) is 9.66. The molecule has 0 fully saturated rings. The molecule has 10 heavy (non-hydrogen) atoms. The molecular weight excluding hydrogens is 128 g/mol. The summed E-state index contributed by atoms with van der Waals surface area (Å²) in [5.41, 5.74) is -0.284. The molecule has 0 heterocycles. The average Bonchev–Trinajstić information content (AvgIpc) is 1.83. The van der Waals surface area contributed by atoms with Crippen LogP contribution in [0.4, 0.5) is 0 Å². The van der Waals surface area contributed by atoms with E-state index in [9.17, 15) is 5.11 Å². The summed E-state index contributed by atoms with van der Waals surface area (Å²) in [5, 5.41) is 18.4. The van der Waals surface area contributed by atoms with Crippen LogP contribution in [-0.2, 0) is 0 Å². The Morgan fingerprint density at radius 1 is 1.30 bits per heavy atom. The smallest absolute Gasteiger partial charge is 0.0982 e. The highest BCUT2D eigenvalue weighted by Crippen LogP contribution is 2.21. The topological polar surface area (TPSA) is 40.5 Å². The fourth-order valence-corrected chi connectivity index (χ4v) is 0.641. The first-order chi connectivity index (χ1) is 4.39. The Morgan fingerprint density at radius 3 is 1.80 bits per heavy atom. The van der Waals surface area contributed by atoms with Crippen LogP contribution in [0.25, 0.3) is 0 Å². The van der Waals surface area contributed by atoms with E-state index >= 15 is 0 Å². The molecule has 0 aliphatic rings. The normalized spacial score (nSPS) is 18.1. The third-order valence-electron chi connectivity index (χ3n) is 1.45. The summed E-state index contributed by atoms with van der Waals surface area (Å²) in [5.74, 6) is 0. The summed E-state index contributed by atoms with van der Waals surface area (Å²) in [6.45, 7) is 8.98. The molecule has 2 heteroatoms. The highest BCUT2D eigenvalue weighted by atomic mass is 16.3. The van der Waals surface area contributed by atoms with E-state index < -0.39 is 12.2 Å². The molecule has 0 aliphatic carbocycles. The summed E-state index contributed by atoms with van der Waals surface area (Å²) in [7, 11) is 0. The maximum atomic E-state index is 9.33. The fourth-order valence-electron chi connectivity index (χ4n) is 0.641. The van der Waals surface area contributed by atoms with E-state index in [1.807, 2.05) is 20.8 Å². The van der Waals surface area contributed by atoms with Gasteiger partial charge in [-0.3, -0.25) is 0 Å². The minimum Gasteiger partial charge on any atom is -0.390 e. The van der Waals surface area contributed by atoms with Crippen molar-refractivity contribution in [2.45, 2.75) is 33.0 Å². The maximum Gasteiger partial charge on any atom is 0.0982 e. The molecule has 0 bridgehead atoms. The van der Waals surface area contributed by atoms with Crippen LogP contribution in [0.5, 0.6) is 0 Å². The fraction of sp³-hybridized carbons (Fsp3) is 0.750. The average molecular weight is 144 g/mol. The van der Waals surface area contributed by atoms with Crippen LogP contribution in [0.1, 0.15) is 20.8 Å². The molecule has 0 aliphatic heterocycles. The second-order valence-electron chi connectivity index (χ2n) is 3.54. The monoisotopic (exact) mass is 144 g/mol. The Morgan fingerprint density at radius 2 is 1.70 bits per heavy atom. The summed E-state index contributed by atoms with van der Waals surface area (Å²) >= 11 is 0. The molecule has 0 aromatic rings. The van der Waals surface area contributed by atoms with Gasteiger partial charge in [-0.2, -0.15) is 0 Å². The van der Waals surface area contributed by atoms with Crippen LogP contribution in [0.3, 0.4) is 0 Å². The lowest BCUT2D eigenvalue weighted by Gasteiger charge is -2.28. The quantitative estimate of drug-likeness (QED) is 0.566. The molecule has 2 atom stereocenters. The standard InChI is InChI=1S/C8H16O2/c1-5-6(9)7(10)8(2,3)4/h5-7,9-10H,1H2,2-4H3/t6-,7+/m1/s1. The molecular formula is C8H16O2. The first-order valence-corrected chi connectivity index (χ1v) is 3.38. The number of rotatable bonds is 2. The van der Waals surface area contributed by atoms with Gasteiger partial charge in [-0.05, 0) is 5.41 Å². The zero-order valence-corrected chi connectivity index (χ0v) is 6.83. The van der Waals surface area contributed by atoms with Gasteiger partial charge in [0.1, 0.15) is 0 Å². The largest absolute Gasteiger partial charge is 0.390 e. The van der Waals surface area contributed by atoms with Crippen molar-refractivity contribution in [3.05, 3.63) is 12.7 Å². The van der Waals surface area contributed by atoms with Crippen molar-refractivity contribution in [2.24, 2.45) is 5.41 Å². The third kappa shape index (κ3) is 2.50. The highest BCUT2D eigenvalue weighted by Gasteiger charge is 2.26. The lowest BCUT2D eigenvalue weighted by atomic mass is 9.86. The van der Waals surface area contributed by atoms with Crippen molar-refractivity contribution in [2.75, 3.05) is 0 Å². The van der Waals surface area contributed by atoms with E-state index in [2.05, 4.69) is 6.58 Å². The number of hydrogen-bond donors (Lipinski definition) is 2. The molecule has 0 radical (unpaired) electrons. The van der Waals surface area contributed by atoms with Gasteiger partial charge in [0, 0.05) is 0 Å². The zero-order valence-electron chi connectivity index (χ0n) is 6.83. The van der Waals surface area contributed by atoms with Gasteiger partial charge in [0.25, 0.3) is 0 Å². The Balaban J connectivity index is 4.07. The molecule has 60 valence electrons. The van der Waals surface area contributed by atoms with Gasteiger partial charge in [0.15, 0.2) is 0 Å². The second kappa shape index (κ2) is 3.17. The van der Waals surface area contributed by atoms with Crippen LogP contribution >= 0.6 is 0 Å². The summed E-state index contributed by atoms with van der Waals surface area (Å²) < 4.78 is 0. The Kier molecular flexibility index (Phi) is 3.06. The lowest BCUT2D eigenvalue weighted by Crippen LogP contribution is -2.36. The molecule has 0 spiro atoms. The van der Waals surface area contributed by atoms with Crippen LogP contribution in [0.15, 0.2) is 12.7 Å². The van der Waals surface area contributed by atoms with Crippen molar-refractivity contribution in [3.63, 3.8) is 0 Å². The Bertz CT molecular complexity index is 113. The van der Waals surface area contributed by atoms with Gasteiger partial charge >= 0.3 is 0 Å². The van der Waals surface area contributed by atoms with E-state index in [4.69, 9.17) is 5.11 Å². The van der Waals surface area contributed by atoms with Gasteiger partial charge in [-0.25, -0.2) is 0 Å². The molecule has 2 nitrogen and oxygen atoms in total. The number of aliphatic hydroxyl groups is 2. The van der Waals surface area contributed by atoms with Crippen molar-refractivity contribution < 1.29 is 10.2 Å². The molecule has 2 N–H and O–H groups in total. The predicted molar refractivity (Wildman–Crippen MR) is 41.7 cm³/mol. The SMILES string of the molecule is C=C[C@@H](O)[C@H](O)C(C)(C)C. The van der Waals surface area contributed by atoms with E-state index in [0.717, 1.165) is 0 Å². The molecule has 0 aromatic heterocycles. The Labute approximate surface area is 62.2 Å². The van der Waals surface area contributed by atoms with Crippen LogP contribution in [0.2, 0.25) is 0 Å². The minimum absolute atomic E-state index is 0.284. The number of hydrogen-bond acceptors (Lipinski definition) is 2. The maximum absolute atomic E-state index is 9.33. The highest BCUT2D eigenvalue weighted by molar-refractivity contribution is 4.89. The van der Waals surface area contributed by atoms with E-state index in [-0.39, 0.29) is 5.41 Å². The molecule has 0 saturated carbocycles. The van der Waals surface area contributed by atoms with Gasteiger partial charge < -0.3 is 10.2 Å². The predicted octanol–water partition coefficient (Wildman–Crippen LogP) is 0.940. The Hall–Kier alpha value is -0.340. The molecule has 0 amide bonds. The second-order valence-corrected chi connectivity index (χ2v) is 3.54.